The molecule has 0 spiro atoms. The van der Waals surface area contributed by atoms with E-state index in [2.05, 4.69) is 49.1 Å². The highest BCUT2D eigenvalue weighted by molar-refractivity contribution is 5.54. The molecule has 3 heteroatoms. The van der Waals surface area contributed by atoms with Gasteiger partial charge in [-0.25, -0.2) is 0 Å². The van der Waals surface area contributed by atoms with Crippen molar-refractivity contribution in [2.45, 2.75) is 45.2 Å². The fraction of sp³-hybridized carbons (Fsp3) is 0.571. The summed E-state index contributed by atoms with van der Waals surface area (Å²) in [5, 5.41) is 3.52. The number of hydrogen-bond acceptors (Lipinski definition) is 2. The van der Waals surface area contributed by atoms with Gasteiger partial charge in [0.25, 0.3) is 0 Å². The van der Waals surface area contributed by atoms with Gasteiger partial charge in [0.2, 0.25) is 0 Å². The summed E-state index contributed by atoms with van der Waals surface area (Å²) in [6.45, 7) is 4.31. The Bertz CT molecular complexity index is 413. The number of aryl methyl sites for hydroxylation is 2. The summed E-state index contributed by atoms with van der Waals surface area (Å²) in [6.07, 6.45) is 7.84. The molecule has 1 aromatic rings. The summed E-state index contributed by atoms with van der Waals surface area (Å²) in [5.74, 6) is 0. The van der Waals surface area contributed by atoms with Crippen LogP contribution in [0.1, 0.15) is 37.9 Å². The molecule has 1 aromatic heterocycles. The predicted molar refractivity (Wildman–Crippen MR) is 72.6 cm³/mol. The second kappa shape index (κ2) is 4.96. The molecular formula is C14H23N3. The van der Waals surface area contributed by atoms with Crippen LogP contribution >= 0.6 is 0 Å². The highest BCUT2D eigenvalue weighted by Crippen LogP contribution is 2.21. The van der Waals surface area contributed by atoms with Crippen LogP contribution in [-0.2, 0) is 13.5 Å². The lowest BCUT2D eigenvalue weighted by Crippen LogP contribution is -2.33. The molecule has 0 saturated heterocycles. The van der Waals surface area contributed by atoms with Gasteiger partial charge in [0, 0.05) is 36.7 Å². The van der Waals surface area contributed by atoms with Crippen LogP contribution in [0, 0.1) is 0 Å². The normalized spacial score (nSPS) is 18.4. The minimum absolute atomic E-state index is 0.266. The van der Waals surface area contributed by atoms with Crippen molar-refractivity contribution in [3.05, 3.63) is 29.2 Å². The lowest BCUT2D eigenvalue weighted by molar-refractivity contribution is 0.602. The largest absolute Gasteiger partial charge is 0.401 e. The fourth-order valence-electron chi connectivity index (χ4n) is 2.07. The predicted octanol–water partition coefficient (Wildman–Crippen LogP) is 2.03. The molecule has 0 aliphatic heterocycles. The van der Waals surface area contributed by atoms with Crippen LogP contribution in [-0.4, -0.2) is 16.7 Å². The van der Waals surface area contributed by atoms with E-state index in [0.717, 1.165) is 12.1 Å². The molecule has 1 fully saturated rings. The average Bonchev–Trinajstić information content (AvgIpc) is 3.05. The number of nitrogens with zero attached hydrogens (tertiary/aromatic N) is 1. The van der Waals surface area contributed by atoms with Crippen molar-refractivity contribution < 1.29 is 0 Å². The maximum atomic E-state index is 6.16. The molecule has 1 heterocycles. The molecule has 94 valence electrons. The number of hydrogen-bond donors (Lipinski definition) is 2. The summed E-state index contributed by atoms with van der Waals surface area (Å²) in [7, 11) is 2.07. The van der Waals surface area contributed by atoms with Gasteiger partial charge in [0.05, 0.1) is 0 Å². The molecule has 0 amide bonds. The SMILES string of the molecule is CCc1ccn(C)c1/C=C(\N)C(C)NC1CC1. The standard InChI is InChI=1S/C14H23N3/c1-4-11-7-8-17(3)14(11)9-13(15)10(2)16-12-5-6-12/h7-10,12,16H,4-6,15H2,1-3H3/b13-9-. The van der Waals surface area contributed by atoms with E-state index < -0.39 is 0 Å². The van der Waals surface area contributed by atoms with E-state index >= 15 is 0 Å². The monoisotopic (exact) mass is 233 g/mol. The van der Waals surface area contributed by atoms with E-state index in [-0.39, 0.29) is 6.04 Å². The molecule has 0 bridgehead atoms. The van der Waals surface area contributed by atoms with E-state index in [1.807, 2.05) is 0 Å². The van der Waals surface area contributed by atoms with Crippen LogP contribution in [0.15, 0.2) is 18.0 Å². The van der Waals surface area contributed by atoms with E-state index in [9.17, 15) is 0 Å². The van der Waals surface area contributed by atoms with Gasteiger partial charge in [-0.3, -0.25) is 0 Å². The highest BCUT2D eigenvalue weighted by atomic mass is 15.0. The van der Waals surface area contributed by atoms with E-state index in [1.54, 1.807) is 0 Å². The minimum Gasteiger partial charge on any atom is -0.401 e. The van der Waals surface area contributed by atoms with Gasteiger partial charge >= 0.3 is 0 Å². The quantitative estimate of drug-likeness (QED) is 0.817. The van der Waals surface area contributed by atoms with Crippen LogP contribution in [0.5, 0.6) is 0 Å². The maximum absolute atomic E-state index is 6.16. The third-order valence-corrected chi connectivity index (χ3v) is 3.46. The molecule has 17 heavy (non-hydrogen) atoms. The second-order valence-electron chi connectivity index (χ2n) is 5.00. The molecular weight excluding hydrogens is 210 g/mol. The van der Waals surface area contributed by atoms with Crippen LogP contribution in [0.4, 0.5) is 0 Å². The molecule has 0 radical (unpaired) electrons. The Morgan fingerprint density at radius 3 is 2.94 bits per heavy atom. The van der Waals surface area contributed by atoms with E-state index in [4.69, 9.17) is 5.73 Å². The van der Waals surface area contributed by atoms with Crippen molar-refractivity contribution in [2.24, 2.45) is 12.8 Å². The first-order chi connectivity index (χ1) is 8.11. The van der Waals surface area contributed by atoms with Gasteiger partial charge in [-0.15, -0.1) is 0 Å². The van der Waals surface area contributed by atoms with Crippen LogP contribution in [0.25, 0.3) is 6.08 Å². The number of aromatic nitrogens is 1. The van der Waals surface area contributed by atoms with Crippen LogP contribution in [0.3, 0.4) is 0 Å². The lowest BCUT2D eigenvalue weighted by atomic mass is 10.1. The Morgan fingerprint density at radius 2 is 2.35 bits per heavy atom. The Morgan fingerprint density at radius 1 is 1.65 bits per heavy atom. The number of nitrogens with one attached hydrogen (secondary N) is 1. The van der Waals surface area contributed by atoms with Crippen molar-refractivity contribution in [3.63, 3.8) is 0 Å². The molecule has 0 aromatic carbocycles. The summed E-state index contributed by atoms with van der Waals surface area (Å²) in [4.78, 5) is 0. The molecule has 1 unspecified atom stereocenters. The summed E-state index contributed by atoms with van der Waals surface area (Å²) in [5.41, 5.74) is 9.67. The van der Waals surface area contributed by atoms with Gasteiger partial charge in [0.1, 0.15) is 0 Å². The van der Waals surface area contributed by atoms with Crippen LogP contribution in [0.2, 0.25) is 0 Å². The molecule has 1 aliphatic rings. The van der Waals surface area contributed by atoms with E-state index in [0.29, 0.717) is 6.04 Å². The first-order valence-corrected chi connectivity index (χ1v) is 6.49. The Hall–Kier alpha value is -1.22. The molecule has 3 nitrogen and oxygen atoms in total. The number of rotatable bonds is 5. The zero-order valence-corrected chi connectivity index (χ0v) is 11.0. The molecule has 1 saturated carbocycles. The van der Waals surface area contributed by atoms with Gasteiger partial charge in [0.15, 0.2) is 0 Å². The number of nitrogens with two attached hydrogens (primary N) is 1. The maximum Gasteiger partial charge on any atom is 0.0454 e. The smallest absolute Gasteiger partial charge is 0.0454 e. The Labute approximate surface area is 104 Å². The molecule has 1 atom stereocenters. The summed E-state index contributed by atoms with van der Waals surface area (Å²) < 4.78 is 2.13. The van der Waals surface area contributed by atoms with Crippen molar-refractivity contribution in [2.75, 3.05) is 0 Å². The lowest BCUT2D eigenvalue weighted by Gasteiger charge is -2.14. The first-order valence-electron chi connectivity index (χ1n) is 6.49. The summed E-state index contributed by atoms with van der Waals surface area (Å²) in [6, 6.07) is 3.12. The van der Waals surface area contributed by atoms with E-state index in [1.165, 1.54) is 24.1 Å². The van der Waals surface area contributed by atoms with Gasteiger partial charge in [-0.2, -0.15) is 0 Å². The van der Waals surface area contributed by atoms with Gasteiger partial charge in [-0.05, 0) is 43.9 Å². The van der Waals surface area contributed by atoms with Crippen molar-refractivity contribution in [1.29, 1.82) is 0 Å². The second-order valence-corrected chi connectivity index (χ2v) is 5.00. The molecule has 1 aliphatic carbocycles. The highest BCUT2D eigenvalue weighted by Gasteiger charge is 2.23. The van der Waals surface area contributed by atoms with Gasteiger partial charge < -0.3 is 15.6 Å². The molecule has 2 rings (SSSR count). The van der Waals surface area contributed by atoms with Gasteiger partial charge in [-0.1, -0.05) is 6.92 Å². The fourth-order valence-corrected chi connectivity index (χ4v) is 2.07. The van der Waals surface area contributed by atoms with Crippen LogP contribution < -0.4 is 11.1 Å². The summed E-state index contributed by atoms with van der Waals surface area (Å²) >= 11 is 0. The average molecular weight is 233 g/mol. The van der Waals surface area contributed by atoms with Crippen molar-refractivity contribution in [1.82, 2.24) is 9.88 Å². The Kier molecular flexibility index (Phi) is 3.57. The third-order valence-electron chi connectivity index (χ3n) is 3.46. The van der Waals surface area contributed by atoms with Crippen molar-refractivity contribution >= 4 is 6.08 Å². The zero-order valence-electron chi connectivity index (χ0n) is 11.0. The minimum atomic E-state index is 0.266. The van der Waals surface area contributed by atoms with Crippen molar-refractivity contribution in [3.8, 4) is 0 Å². The Balaban J connectivity index is 2.12. The third kappa shape index (κ3) is 2.91. The molecule has 3 N–H and O–H groups in total. The topological polar surface area (TPSA) is 43.0 Å². The zero-order chi connectivity index (χ0) is 12.4. The first kappa shape index (κ1) is 12.2.